The topological polar surface area (TPSA) is 69.2 Å². The largest absolute Gasteiger partial charge is 0.461 e. The second kappa shape index (κ2) is 6.91. The Morgan fingerprint density at radius 1 is 1.26 bits per heavy atom. The number of hydrogen-bond acceptors (Lipinski definition) is 7. The smallest absolute Gasteiger partial charge is 0.322 e. The highest BCUT2D eigenvalue weighted by molar-refractivity contribution is 7.99. The van der Waals surface area contributed by atoms with E-state index in [0.29, 0.717) is 22.4 Å². The molecule has 1 aliphatic heterocycles. The Balaban J connectivity index is 2.09. The molecule has 0 radical (unpaired) electrons. The Hall–Kier alpha value is -1.08. The molecule has 106 valence electrons. The van der Waals surface area contributed by atoms with Gasteiger partial charge in [0.05, 0.1) is 6.10 Å². The molecule has 7 heteroatoms. The summed E-state index contributed by atoms with van der Waals surface area (Å²) in [5.41, 5.74) is 0. The van der Waals surface area contributed by atoms with Crippen molar-refractivity contribution in [1.29, 1.82) is 0 Å². The fourth-order valence-electron chi connectivity index (χ4n) is 1.71. The zero-order chi connectivity index (χ0) is 13.7. The maximum absolute atomic E-state index is 5.55. The van der Waals surface area contributed by atoms with Crippen LogP contribution in [0.1, 0.15) is 26.7 Å². The third-order valence-corrected chi connectivity index (χ3v) is 3.80. The van der Waals surface area contributed by atoms with Crippen LogP contribution in [0.5, 0.6) is 6.01 Å². The highest BCUT2D eigenvalue weighted by atomic mass is 32.2. The van der Waals surface area contributed by atoms with Gasteiger partial charge in [0.25, 0.3) is 0 Å². The number of hydrogen-bond donors (Lipinski definition) is 1. The van der Waals surface area contributed by atoms with Gasteiger partial charge in [0.1, 0.15) is 0 Å². The van der Waals surface area contributed by atoms with Crippen molar-refractivity contribution in [3.05, 3.63) is 0 Å². The van der Waals surface area contributed by atoms with Crippen LogP contribution in [0.15, 0.2) is 5.16 Å². The monoisotopic (exact) mass is 284 g/mol. The molecular weight excluding hydrogens is 264 g/mol. The van der Waals surface area contributed by atoms with E-state index in [1.54, 1.807) is 18.8 Å². The van der Waals surface area contributed by atoms with E-state index in [0.717, 1.165) is 26.1 Å². The quantitative estimate of drug-likeness (QED) is 0.886. The maximum Gasteiger partial charge on any atom is 0.322 e. The second-order valence-electron chi connectivity index (χ2n) is 4.57. The van der Waals surface area contributed by atoms with Gasteiger partial charge in [-0.2, -0.15) is 15.0 Å². The van der Waals surface area contributed by atoms with Crippen LogP contribution < -0.4 is 10.1 Å². The van der Waals surface area contributed by atoms with Gasteiger partial charge in [0.2, 0.25) is 5.95 Å². The van der Waals surface area contributed by atoms with E-state index >= 15 is 0 Å². The molecule has 1 N–H and O–H groups in total. The lowest BCUT2D eigenvalue weighted by molar-refractivity contribution is 0.1000. The van der Waals surface area contributed by atoms with Gasteiger partial charge in [-0.15, -0.1) is 0 Å². The average Bonchev–Trinajstić information content (AvgIpc) is 2.38. The normalized spacial score (nSPS) is 16.6. The first-order chi connectivity index (χ1) is 9.17. The molecule has 0 bridgehead atoms. The molecule has 1 saturated heterocycles. The van der Waals surface area contributed by atoms with Crippen molar-refractivity contribution in [2.24, 2.45) is 0 Å². The van der Waals surface area contributed by atoms with Gasteiger partial charge in [-0.3, -0.25) is 0 Å². The average molecular weight is 284 g/mol. The Bertz CT molecular complexity index is 411. The van der Waals surface area contributed by atoms with Gasteiger partial charge in [-0.05, 0) is 26.7 Å². The third-order valence-electron chi connectivity index (χ3n) is 2.60. The van der Waals surface area contributed by atoms with Gasteiger partial charge < -0.3 is 14.8 Å². The van der Waals surface area contributed by atoms with Gasteiger partial charge in [-0.1, -0.05) is 11.8 Å². The first-order valence-electron chi connectivity index (χ1n) is 6.52. The zero-order valence-corrected chi connectivity index (χ0v) is 12.4. The Morgan fingerprint density at radius 3 is 2.63 bits per heavy atom. The summed E-state index contributed by atoms with van der Waals surface area (Å²) in [4.78, 5) is 12.9. The van der Waals surface area contributed by atoms with Crippen LogP contribution in [0.4, 0.5) is 5.95 Å². The molecule has 0 aliphatic carbocycles. The summed E-state index contributed by atoms with van der Waals surface area (Å²) in [5, 5.41) is 4.16. The molecule has 0 amide bonds. The summed E-state index contributed by atoms with van der Waals surface area (Å²) in [6.45, 7) is 5.54. The Morgan fingerprint density at radius 2 is 2.00 bits per heavy atom. The molecule has 1 aromatic rings. The van der Waals surface area contributed by atoms with Crippen molar-refractivity contribution in [3.8, 4) is 6.01 Å². The molecule has 19 heavy (non-hydrogen) atoms. The van der Waals surface area contributed by atoms with Crippen LogP contribution in [-0.2, 0) is 4.74 Å². The third kappa shape index (κ3) is 4.50. The van der Waals surface area contributed by atoms with Crippen LogP contribution in [0.25, 0.3) is 0 Å². The Kier molecular flexibility index (Phi) is 5.21. The fourth-order valence-corrected chi connectivity index (χ4v) is 2.71. The van der Waals surface area contributed by atoms with E-state index in [1.165, 1.54) is 0 Å². The van der Waals surface area contributed by atoms with E-state index in [1.807, 2.05) is 13.8 Å². The highest BCUT2D eigenvalue weighted by Gasteiger charge is 2.18. The number of nitrogens with one attached hydrogen (secondary N) is 1. The summed E-state index contributed by atoms with van der Waals surface area (Å²) in [6.07, 6.45) is 2.12. The number of thioether (sulfide) groups is 1. The molecule has 2 rings (SSSR count). The van der Waals surface area contributed by atoms with Crippen LogP contribution in [-0.4, -0.2) is 46.6 Å². The first kappa shape index (κ1) is 14.3. The number of rotatable bonds is 5. The lowest BCUT2D eigenvalue weighted by Crippen LogP contribution is -2.18. The molecule has 2 heterocycles. The van der Waals surface area contributed by atoms with Gasteiger partial charge in [0.15, 0.2) is 5.16 Å². The fraction of sp³-hybridized carbons (Fsp3) is 0.750. The molecular formula is C12H20N4O2S. The number of aromatic nitrogens is 3. The lowest BCUT2D eigenvalue weighted by atomic mass is 10.2. The minimum Gasteiger partial charge on any atom is -0.461 e. The Labute approximate surface area is 117 Å². The number of anilines is 1. The van der Waals surface area contributed by atoms with E-state index < -0.39 is 0 Å². The maximum atomic E-state index is 5.55. The van der Waals surface area contributed by atoms with E-state index in [9.17, 15) is 0 Å². The summed E-state index contributed by atoms with van der Waals surface area (Å²) in [6, 6.07) is 0.379. The first-order valence-corrected chi connectivity index (χ1v) is 7.40. The van der Waals surface area contributed by atoms with E-state index in [2.05, 4.69) is 20.3 Å². The summed E-state index contributed by atoms with van der Waals surface area (Å²) in [7, 11) is 1.79. The van der Waals surface area contributed by atoms with E-state index in [-0.39, 0.29) is 6.10 Å². The number of nitrogens with zero attached hydrogens (tertiary/aromatic N) is 3. The molecule has 0 aromatic carbocycles. The van der Waals surface area contributed by atoms with Crippen molar-refractivity contribution < 1.29 is 9.47 Å². The van der Waals surface area contributed by atoms with Gasteiger partial charge in [0, 0.05) is 25.5 Å². The summed E-state index contributed by atoms with van der Waals surface area (Å²) < 4.78 is 10.9. The van der Waals surface area contributed by atoms with Crippen molar-refractivity contribution in [1.82, 2.24) is 15.0 Å². The molecule has 0 unspecified atom stereocenters. The molecule has 6 nitrogen and oxygen atoms in total. The number of ether oxygens (including phenoxy) is 2. The van der Waals surface area contributed by atoms with Gasteiger partial charge >= 0.3 is 6.01 Å². The molecule has 1 fully saturated rings. The summed E-state index contributed by atoms with van der Waals surface area (Å²) >= 11 is 1.67. The predicted molar refractivity (Wildman–Crippen MR) is 74.8 cm³/mol. The lowest BCUT2D eigenvalue weighted by Gasteiger charge is -2.20. The standard InChI is InChI=1S/C12H20N4O2S/c1-8(2)18-11-14-10(13-3)15-12(16-11)19-9-4-6-17-7-5-9/h8-9H,4-7H2,1-3H3,(H,13,14,15,16). The van der Waals surface area contributed by atoms with E-state index in [4.69, 9.17) is 9.47 Å². The molecule has 0 atom stereocenters. The van der Waals surface area contributed by atoms with Crippen LogP contribution in [0, 0.1) is 0 Å². The van der Waals surface area contributed by atoms with Crippen LogP contribution in [0.2, 0.25) is 0 Å². The van der Waals surface area contributed by atoms with Crippen molar-refractivity contribution in [2.75, 3.05) is 25.6 Å². The SMILES string of the molecule is CNc1nc(OC(C)C)nc(SC2CCOCC2)n1. The molecule has 0 saturated carbocycles. The van der Waals surface area contributed by atoms with Crippen LogP contribution in [0.3, 0.4) is 0 Å². The molecule has 1 aliphatic rings. The minimum absolute atomic E-state index is 0.0491. The second-order valence-corrected chi connectivity index (χ2v) is 5.84. The van der Waals surface area contributed by atoms with Crippen molar-refractivity contribution in [2.45, 2.75) is 43.2 Å². The molecule has 0 spiro atoms. The summed E-state index contributed by atoms with van der Waals surface area (Å²) in [5.74, 6) is 0.542. The highest BCUT2D eigenvalue weighted by Crippen LogP contribution is 2.28. The molecule has 1 aromatic heterocycles. The van der Waals surface area contributed by atoms with Crippen LogP contribution >= 0.6 is 11.8 Å². The predicted octanol–water partition coefficient (Wildman–Crippen LogP) is 1.97. The minimum atomic E-state index is 0.0491. The van der Waals surface area contributed by atoms with Gasteiger partial charge in [-0.25, -0.2) is 0 Å². The zero-order valence-electron chi connectivity index (χ0n) is 11.5. The van der Waals surface area contributed by atoms with Crippen molar-refractivity contribution >= 4 is 17.7 Å². The van der Waals surface area contributed by atoms with Crippen molar-refractivity contribution in [3.63, 3.8) is 0 Å².